The van der Waals surface area contributed by atoms with Gasteiger partial charge in [-0.25, -0.2) is 13.2 Å². The van der Waals surface area contributed by atoms with E-state index in [1.165, 1.54) is 15.3 Å². The molecular formula is C36H60N6O7S. The lowest BCUT2D eigenvalue weighted by Gasteiger charge is -2.39. The average Bonchev–Trinajstić information content (AvgIpc) is 3.30. The summed E-state index contributed by atoms with van der Waals surface area (Å²) in [6.07, 6.45) is 6.07. The van der Waals surface area contributed by atoms with E-state index in [9.17, 15) is 32.4 Å². The van der Waals surface area contributed by atoms with Crippen molar-refractivity contribution in [2.45, 2.75) is 118 Å². The van der Waals surface area contributed by atoms with Crippen molar-refractivity contribution in [1.82, 2.24) is 30.5 Å². The summed E-state index contributed by atoms with van der Waals surface area (Å²) in [5.41, 5.74) is -1.45. The first-order valence-electron chi connectivity index (χ1n) is 18.2. The van der Waals surface area contributed by atoms with E-state index in [2.05, 4.69) is 41.7 Å². The van der Waals surface area contributed by atoms with Gasteiger partial charge in [0.05, 0.1) is 11.8 Å². The topological polar surface area (TPSA) is 174 Å². The maximum absolute atomic E-state index is 14.5. The molecule has 4 fully saturated rings. The van der Waals surface area contributed by atoms with Crippen LogP contribution in [0.3, 0.4) is 0 Å². The molecule has 2 aliphatic heterocycles. The highest BCUT2D eigenvalue weighted by Gasteiger charge is 2.70. The van der Waals surface area contributed by atoms with Crippen LogP contribution in [0.5, 0.6) is 0 Å². The number of likely N-dealkylation sites (tertiary alicyclic amines) is 1. The van der Waals surface area contributed by atoms with Crippen molar-refractivity contribution in [3.05, 3.63) is 12.7 Å². The molecule has 50 heavy (non-hydrogen) atoms. The van der Waals surface area contributed by atoms with Crippen LogP contribution in [-0.2, 0) is 29.2 Å². The predicted octanol–water partition coefficient (Wildman–Crippen LogP) is 2.57. The SMILES string of the molecule is C=CCNC(=O)C(=O)C(CC1CCC1)NC(=O)[C@@H]1[C@@H]2[C@H](CN1C(=O)[C@@H](NC(=O)N[C@H](CN1CCCCS1(=O)=O)C(C)(C)C)C(C)(C)C)C2(C)C. The molecule has 0 aromatic rings. The number of ketones is 1. The van der Waals surface area contributed by atoms with Crippen LogP contribution in [-0.4, -0.2) is 103 Å². The summed E-state index contributed by atoms with van der Waals surface area (Å²) >= 11 is 0. The van der Waals surface area contributed by atoms with E-state index in [4.69, 9.17) is 0 Å². The second kappa shape index (κ2) is 14.9. The fraction of sp³-hybridized carbons (Fsp3) is 0.806. The van der Waals surface area contributed by atoms with Gasteiger partial charge in [-0.15, -0.1) is 6.58 Å². The lowest BCUT2D eigenvalue weighted by Crippen LogP contribution is -2.63. The molecule has 2 saturated heterocycles. The number of hydrogen-bond donors (Lipinski definition) is 4. The van der Waals surface area contributed by atoms with E-state index in [1.807, 2.05) is 41.5 Å². The highest BCUT2D eigenvalue weighted by atomic mass is 32.2. The van der Waals surface area contributed by atoms with Gasteiger partial charge in [-0.3, -0.25) is 19.2 Å². The van der Waals surface area contributed by atoms with Gasteiger partial charge in [-0.1, -0.05) is 80.7 Å². The zero-order chi connectivity index (χ0) is 37.4. The number of fused-ring (bicyclic) bond motifs is 1. The summed E-state index contributed by atoms with van der Waals surface area (Å²) in [5, 5.41) is 11.2. The fourth-order valence-corrected chi connectivity index (χ4v) is 9.32. The quantitative estimate of drug-likeness (QED) is 0.167. The van der Waals surface area contributed by atoms with Crippen LogP contribution in [0.2, 0.25) is 0 Å². The average molecular weight is 721 g/mol. The molecule has 0 bridgehead atoms. The van der Waals surface area contributed by atoms with Gasteiger partial charge in [0.1, 0.15) is 12.1 Å². The second-order valence-corrected chi connectivity index (χ2v) is 19.7. The molecule has 2 aliphatic carbocycles. The summed E-state index contributed by atoms with van der Waals surface area (Å²) in [6, 6.07) is -4.06. The third-order valence-electron chi connectivity index (χ3n) is 11.4. The third kappa shape index (κ3) is 8.89. The molecule has 4 rings (SSSR count). The van der Waals surface area contributed by atoms with Crippen LogP contribution < -0.4 is 21.3 Å². The van der Waals surface area contributed by atoms with Gasteiger partial charge in [0.15, 0.2) is 0 Å². The Kier molecular flexibility index (Phi) is 11.9. The van der Waals surface area contributed by atoms with Gasteiger partial charge in [-0.2, -0.15) is 4.31 Å². The smallest absolute Gasteiger partial charge is 0.315 e. The molecule has 1 unspecified atom stereocenters. The minimum atomic E-state index is -3.42. The molecule has 0 spiro atoms. The zero-order valence-electron chi connectivity index (χ0n) is 31.3. The number of carbonyl (C=O) groups is 5. The van der Waals surface area contributed by atoms with E-state index in [0.717, 1.165) is 25.7 Å². The Labute approximate surface area is 298 Å². The number of Topliss-reactive ketones (excluding diaryl/α,β-unsaturated/α-hetero) is 1. The number of sulfonamides is 1. The standard InChI is InChI=1S/C36H60N6O7S/c1-10-16-37-31(45)28(43)24(19-22-14-13-15-22)38-30(44)27-26-23(36(26,8)9)20-42(27)32(46)29(35(5,6)7)40-33(47)39-25(34(2,3)4)21-41-17-11-12-18-50(41,48)49/h10,22-27,29H,1,11-21H2,2-9H3,(H,37,45)(H,38,44)(H2,39,40,47)/t23-,24?,25+,26-,27-,29+/m0/s1. The van der Waals surface area contributed by atoms with Crippen molar-refractivity contribution in [2.75, 3.05) is 31.9 Å². The molecule has 13 nitrogen and oxygen atoms in total. The molecule has 2 saturated carbocycles. The number of urea groups is 1. The van der Waals surface area contributed by atoms with Gasteiger partial charge in [-0.05, 0) is 53.3 Å². The minimum absolute atomic E-state index is 0.0603. The minimum Gasteiger partial charge on any atom is -0.346 e. The van der Waals surface area contributed by atoms with Crippen LogP contribution >= 0.6 is 0 Å². The maximum Gasteiger partial charge on any atom is 0.315 e. The van der Waals surface area contributed by atoms with Crippen LogP contribution in [0.1, 0.15) is 93.9 Å². The lowest BCUT2D eigenvalue weighted by atomic mass is 9.80. The predicted molar refractivity (Wildman–Crippen MR) is 191 cm³/mol. The van der Waals surface area contributed by atoms with Gasteiger partial charge in [0.2, 0.25) is 27.6 Å². The molecule has 4 aliphatic rings. The third-order valence-corrected chi connectivity index (χ3v) is 13.3. The first-order valence-corrected chi connectivity index (χ1v) is 19.8. The number of carbonyl (C=O) groups excluding carboxylic acids is 5. The highest BCUT2D eigenvalue weighted by molar-refractivity contribution is 7.89. The summed E-state index contributed by atoms with van der Waals surface area (Å²) in [5.74, 6) is -2.16. The molecular weight excluding hydrogens is 660 g/mol. The zero-order valence-corrected chi connectivity index (χ0v) is 32.1. The van der Waals surface area contributed by atoms with E-state index >= 15 is 0 Å². The fourth-order valence-electron chi connectivity index (χ4n) is 7.70. The molecule has 0 aromatic carbocycles. The molecule has 14 heteroatoms. The Morgan fingerprint density at radius 3 is 2.14 bits per heavy atom. The number of amides is 5. The number of nitrogens with zero attached hydrogens (tertiary/aromatic N) is 2. The Hall–Kier alpha value is -3.00. The van der Waals surface area contributed by atoms with Crippen molar-refractivity contribution in [3.8, 4) is 0 Å². The second-order valence-electron chi connectivity index (χ2n) is 17.6. The Morgan fingerprint density at radius 2 is 1.60 bits per heavy atom. The van der Waals surface area contributed by atoms with E-state index in [1.54, 1.807) is 0 Å². The Balaban J connectivity index is 1.53. The van der Waals surface area contributed by atoms with Crippen molar-refractivity contribution in [2.24, 2.45) is 34.0 Å². The first kappa shape index (κ1) is 39.8. The highest BCUT2D eigenvalue weighted by Crippen LogP contribution is 2.65. The lowest BCUT2D eigenvalue weighted by molar-refractivity contribution is -0.145. The number of nitrogens with one attached hydrogen (secondary N) is 4. The maximum atomic E-state index is 14.5. The van der Waals surface area contributed by atoms with Crippen LogP contribution in [0.4, 0.5) is 4.79 Å². The molecule has 0 radical (unpaired) electrons. The Bertz CT molecular complexity index is 1440. The molecule has 4 N–H and O–H groups in total. The van der Waals surface area contributed by atoms with Crippen LogP contribution in [0.25, 0.3) is 0 Å². The molecule has 5 amide bonds. The summed E-state index contributed by atoms with van der Waals surface area (Å²) < 4.78 is 27.0. The number of piperidine rings is 1. The molecule has 282 valence electrons. The molecule has 2 heterocycles. The van der Waals surface area contributed by atoms with Crippen LogP contribution in [0.15, 0.2) is 12.7 Å². The van der Waals surface area contributed by atoms with E-state index in [-0.39, 0.29) is 42.0 Å². The van der Waals surface area contributed by atoms with Gasteiger partial charge in [0.25, 0.3) is 5.91 Å². The van der Waals surface area contributed by atoms with Gasteiger partial charge >= 0.3 is 6.03 Å². The van der Waals surface area contributed by atoms with E-state index in [0.29, 0.717) is 25.9 Å². The van der Waals surface area contributed by atoms with Gasteiger partial charge < -0.3 is 26.2 Å². The summed E-state index contributed by atoms with van der Waals surface area (Å²) in [7, 11) is -3.42. The summed E-state index contributed by atoms with van der Waals surface area (Å²) in [6.45, 7) is 19.9. The van der Waals surface area contributed by atoms with Crippen molar-refractivity contribution < 1.29 is 32.4 Å². The first-order chi connectivity index (χ1) is 23.1. The van der Waals surface area contributed by atoms with Gasteiger partial charge in [0, 0.05) is 32.2 Å². The Morgan fingerprint density at radius 1 is 0.940 bits per heavy atom. The molecule has 6 atom stereocenters. The monoisotopic (exact) mass is 720 g/mol. The van der Waals surface area contributed by atoms with Crippen molar-refractivity contribution >= 4 is 39.6 Å². The summed E-state index contributed by atoms with van der Waals surface area (Å²) in [4.78, 5) is 69.7. The largest absolute Gasteiger partial charge is 0.346 e. The van der Waals surface area contributed by atoms with Crippen LogP contribution in [0, 0.1) is 34.0 Å². The van der Waals surface area contributed by atoms with Crippen molar-refractivity contribution in [1.29, 1.82) is 0 Å². The number of rotatable bonds is 13. The van der Waals surface area contributed by atoms with Crippen molar-refractivity contribution in [3.63, 3.8) is 0 Å². The molecule has 0 aromatic heterocycles. The van der Waals surface area contributed by atoms with E-state index < -0.39 is 74.6 Å². The normalized spacial score (nSPS) is 26.3. The number of hydrogen-bond acceptors (Lipinski definition) is 7.